The third-order valence-electron chi connectivity index (χ3n) is 4.10. The van der Waals surface area contributed by atoms with Crippen LogP contribution in [-0.2, 0) is 16.0 Å². The van der Waals surface area contributed by atoms with Gasteiger partial charge in [-0.05, 0) is 30.7 Å². The maximum atomic E-state index is 12.9. The summed E-state index contributed by atoms with van der Waals surface area (Å²) >= 11 is 0. The van der Waals surface area contributed by atoms with Crippen LogP contribution >= 0.6 is 0 Å². The molecule has 1 aromatic carbocycles. The van der Waals surface area contributed by atoms with Crippen LogP contribution in [0.2, 0.25) is 0 Å². The van der Waals surface area contributed by atoms with Crippen molar-refractivity contribution in [2.45, 2.75) is 19.4 Å². The van der Waals surface area contributed by atoms with Crippen molar-refractivity contribution in [3.63, 3.8) is 0 Å². The number of benzene rings is 1. The van der Waals surface area contributed by atoms with E-state index in [-0.39, 0.29) is 12.1 Å². The molecular formula is C20H19N5O3. The van der Waals surface area contributed by atoms with E-state index in [4.69, 9.17) is 5.73 Å². The van der Waals surface area contributed by atoms with E-state index in [1.165, 1.54) is 4.68 Å². The number of hydrogen-bond donors (Lipinski definition) is 2. The highest BCUT2D eigenvalue weighted by Gasteiger charge is 2.27. The molecule has 0 bridgehead atoms. The lowest BCUT2D eigenvalue weighted by Gasteiger charge is -2.17. The van der Waals surface area contributed by atoms with Crippen molar-refractivity contribution in [2.75, 3.05) is 0 Å². The first-order chi connectivity index (χ1) is 13.5. The minimum atomic E-state index is -1.10. The van der Waals surface area contributed by atoms with Gasteiger partial charge in [0.1, 0.15) is 11.7 Å². The fraction of sp³-hybridized carbons (Fsp3) is 0.150. The van der Waals surface area contributed by atoms with Crippen LogP contribution in [0.5, 0.6) is 0 Å². The Morgan fingerprint density at radius 2 is 1.89 bits per heavy atom. The SMILES string of the molecule is Cc1cc(C(=O)N[C@@H](Cc2ccccc2)C(=O)C(N)=O)n(-c2cccnc2)n1. The molecule has 8 nitrogen and oxygen atoms in total. The molecule has 0 aliphatic rings. The van der Waals surface area contributed by atoms with Gasteiger partial charge in [-0.25, -0.2) is 4.68 Å². The largest absolute Gasteiger partial charge is 0.363 e. The van der Waals surface area contributed by atoms with Crippen molar-refractivity contribution < 1.29 is 14.4 Å². The molecule has 0 saturated carbocycles. The van der Waals surface area contributed by atoms with Gasteiger partial charge in [-0.2, -0.15) is 5.10 Å². The van der Waals surface area contributed by atoms with Gasteiger partial charge in [-0.15, -0.1) is 0 Å². The maximum Gasteiger partial charge on any atom is 0.287 e. The second kappa shape index (κ2) is 8.26. The molecule has 3 rings (SSSR count). The first kappa shape index (κ1) is 19.0. The Balaban J connectivity index is 1.88. The van der Waals surface area contributed by atoms with Crippen LogP contribution in [-0.4, -0.2) is 38.4 Å². The molecule has 2 heterocycles. The zero-order valence-electron chi connectivity index (χ0n) is 15.2. The standard InChI is InChI=1S/C20H19N5O3/c1-13-10-17(25(24-13)15-8-5-9-22-12-15)20(28)23-16(18(26)19(21)27)11-14-6-3-2-4-7-14/h2-10,12,16H,11H2,1H3,(H2,21,27)(H,23,28)/t16-/m0/s1. The lowest BCUT2D eigenvalue weighted by Crippen LogP contribution is -2.47. The topological polar surface area (TPSA) is 120 Å². The number of carbonyl (C=O) groups excluding carboxylic acids is 3. The molecular weight excluding hydrogens is 358 g/mol. The summed E-state index contributed by atoms with van der Waals surface area (Å²) in [6.07, 6.45) is 3.33. The number of primary amides is 1. The van der Waals surface area contributed by atoms with Crippen LogP contribution in [0.25, 0.3) is 5.69 Å². The molecule has 2 amide bonds. The van der Waals surface area contributed by atoms with Gasteiger partial charge in [0, 0.05) is 12.6 Å². The number of hydrogen-bond acceptors (Lipinski definition) is 5. The Bertz CT molecular complexity index is 999. The summed E-state index contributed by atoms with van der Waals surface area (Å²) in [7, 11) is 0. The number of nitrogens with one attached hydrogen (secondary N) is 1. The summed E-state index contributed by atoms with van der Waals surface area (Å²) in [4.78, 5) is 40.6. The van der Waals surface area contributed by atoms with Gasteiger partial charge in [0.15, 0.2) is 0 Å². The van der Waals surface area contributed by atoms with Crippen LogP contribution in [0, 0.1) is 6.92 Å². The lowest BCUT2D eigenvalue weighted by molar-refractivity contribution is -0.137. The molecule has 0 aliphatic heterocycles. The predicted molar refractivity (Wildman–Crippen MR) is 102 cm³/mol. The molecule has 3 N–H and O–H groups in total. The van der Waals surface area contributed by atoms with Gasteiger partial charge in [0.05, 0.1) is 17.6 Å². The van der Waals surface area contributed by atoms with Crippen molar-refractivity contribution >= 4 is 17.6 Å². The number of pyridine rings is 1. The van der Waals surface area contributed by atoms with Gasteiger partial charge in [-0.1, -0.05) is 30.3 Å². The monoisotopic (exact) mass is 377 g/mol. The third-order valence-corrected chi connectivity index (χ3v) is 4.10. The minimum Gasteiger partial charge on any atom is -0.363 e. The van der Waals surface area contributed by atoms with Crippen LogP contribution in [0.1, 0.15) is 21.7 Å². The predicted octanol–water partition coefficient (Wildman–Crippen LogP) is 0.971. The molecule has 0 unspecified atom stereocenters. The minimum absolute atomic E-state index is 0.147. The highest BCUT2D eigenvalue weighted by Crippen LogP contribution is 2.12. The normalized spacial score (nSPS) is 11.6. The van der Waals surface area contributed by atoms with Gasteiger partial charge in [0.2, 0.25) is 5.78 Å². The second-order valence-electron chi connectivity index (χ2n) is 6.24. The zero-order valence-corrected chi connectivity index (χ0v) is 15.2. The van der Waals surface area contributed by atoms with Crippen LogP contribution in [0.4, 0.5) is 0 Å². The van der Waals surface area contributed by atoms with Crippen molar-refractivity contribution in [2.24, 2.45) is 5.73 Å². The van der Waals surface area contributed by atoms with E-state index in [1.54, 1.807) is 49.6 Å². The smallest absolute Gasteiger partial charge is 0.287 e. The van der Waals surface area contributed by atoms with Crippen LogP contribution in [0.15, 0.2) is 60.9 Å². The summed E-state index contributed by atoms with van der Waals surface area (Å²) in [5.74, 6) is -2.50. The van der Waals surface area contributed by atoms with Crippen molar-refractivity contribution in [1.29, 1.82) is 0 Å². The fourth-order valence-corrected chi connectivity index (χ4v) is 2.80. The second-order valence-corrected chi connectivity index (χ2v) is 6.24. The molecule has 0 fully saturated rings. The van der Waals surface area contributed by atoms with E-state index < -0.39 is 23.6 Å². The van der Waals surface area contributed by atoms with E-state index in [2.05, 4.69) is 15.4 Å². The van der Waals surface area contributed by atoms with Gasteiger partial charge in [-0.3, -0.25) is 19.4 Å². The van der Waals surface area contributed by atoms with Crippen LogP contribution < -0.4 is 11.1 Å². The van der Waals surface area contributed by atoms with E-state index >= 15 is 0 Å². The van der Waals surface area contributed by atoms with Crippen LogP contribution in [0.3, 0.4) is 0 Å². The van der Waals surface area contributed by atoms with E-state index in [0.29, 0.717) is 11.4 Å². The highest BCUT2D eigenvalue weighted by molar-refractivity contribution is 6.38. The summed E-state index contributed by atoms with van der Waals surface area (Å²) in [5, 5.41) is 6.93. The third kappa shape index (κ3) is 4.29. The Morgan fingerprint density at radius 3 is 2.54 bits per heavy atom. The van der Waals surface area contributed by atoms with Crippen molar-refractivity contribution in [1.82, 2.24) is 20.1 Å². The molecule has 142 valence electrons. The number of carbonyl (C=O) groups is 3. The Morgan fingerprint density at radius 1 is 1.14 bits per heavy atom. The average Bonchev–Trinajstić information content (AvgIpc) is 3.10. The molecule has 0 saturated heterocycles. The first-order valence-corrected chi connectivity index (χ1v) is 8.61. The Hall–Kier alpha value is -3.81. The zero-order chi connectivity index (χ0) is 20.1. The number of ketones is 1. The number of aryl methyl sites for hydroxylation is 1. The maximum absolute atomic E-state index is 12.9. The van der Waals surface area contributed by atoms with Crippen molar-refractivity contribution in [3.05, 3.63) is 77.9 Å². The number of rotatable bonds is 7. The molecule has 8 heteroatoms. The molecule has 2 aromatic heterocycles. The Labute approximate surface area is 161 Å². The van der Waals surface area contributed by atoms with Crippen molar-refractivity contribution in [3.8, 4) is 5.69 Å². The molecule has 0 radical (unpaired) electrons. The molecule has 0 aliphatic carbocycles. The number of nitrogens with two attached hydrogens (primary N) is 1. The number of nitrogens with zero attached hydrogens (tertiary/aromatic N) is 3. The van der Waals surface area contributed by atoms with Gasteiger partial charge in [0.25, 0.3) is 11.8 Å². The molecule has 1 atom stereocenters. The van der Waals surface area contributed by atoms with E-state index in [9.17, 15) is 14.4 Å². The quantitative estimate of drug-likeness (QED) is 0.595. The fourth-order valence-electron chi connectivity index (χ4n) is 2.80. The highest BCUT2D eigenvalue weighted by atomic mass is 16.2. The van der Waals surface area contributed by atoms with E-state index in [0.717, 1.165) is 5.56 Å². The Kier molecular flexibility index (Phi) is 5.59. The average molecular weight is 377 g/mol. The summed E-state index contributed by atoms with van der Waals surface area (Å²) in [5.41, 5.74) is 7.40. The number of aromatic nitrogens is 3. The molecule has 28 heavy (non-hydrogen) atoms. The summed E-state index contributed by atoms with van der Waals surface area (Å²) < 4.78 is 1.44. The van der Waals surface area contributed by atoms with E-state index in [1.807, 2.05) is 18.2 Å². The summed E-state index contributed by atoms with van der Waals surface area (Å²) in [6.45, 7) is 1.75. The van der Waals surface area contributed by atoms with Gasteiger partial charge >= 0.3 is 0 Å². The lowest BCUT2D eigenvalue weighted by atomic mass is 10.0. The molecule has 0 spiro atoms. The number of amides is 2. The molecule has 3 aromatic rings. The summed E-state index contributed by atoms with van der Waals surface area (Å²) in [6, 6.07) is 13.1. The first-order valence-electron chi connectivity index (χ1n) is 8.61. The van der Waals surface area contributed by atoms with Gasteiger partial charge < -0.3 is 11.1 Å². The number of Topliss-reactive ketones (excluding diaryl/α,β-unsaturated/α-hetero) is 1.